The van der Waals surface area contributed by atoms with Gasteiger partial charge in [0.2, 0.25) is 0 Å². The Bertz CT molecular complexity index is 311. The van der Waals surface area contributed by atoms with Crippen LogP contribution in [-0.4, -0.2) is 13.2 Å². The molecule has 0 aliphatic carbocycles. The van der Waals surface area contributed by atoms with E-state index in [1.54, 1.807) is 0 Å². The number of rotatable bonds is 1. The highest BCUT2D eigenvalue weighted by molar-refractivity contribution is 6.30. The van der Waals surface area contributed by atoms with Crippen molar-refractivity contribution >= 4 is 24.0 Å². The highest BCUT2D eigenvalue weighted by atomic mass is 35.5. The maximum Gasteiger partial charge on any atom is 0.134 e. The van der Waals surface area contributed by atoms with E-state index in [9.17, 15) is 0 Å². The van der Waals surface area contributed by atoms with Gasteiger partial charge in [0.25, 0.3) is 0 Å². The van der Waals surface area contributed by atoms with Crippen LogP contribution in [0.15, 0.2) is 24.3 Å². The quantitative estimate of drug-likeness (QED) is 0.824. The highest BCUT2D eigenvalue weighted by Crippen LogP contribution is 2.22. The second kappa shape index (κ2) is 5.71. The lowest BCUT2D eigenvalue weighted by Crippen LogP contribution is -2.36. The zero-order chi connectivity index (χ0) is 9.97. The van der Waals surface area contributed by atoms with Crippen molar-refractivity contribution in [3.05, 3.63) is 34.9 Å². The molecule has 2 rings (SSSR count). The van der Waals surface area contributed by atoms with Gasteiger partial charge in [0, 0.05) is 11.6 Å². The van der Waals surface area contributed by atoms with E-state index < -0.39 is 0 Å². The largest absolute Gasteiger partial charge is 0.359 e. The molecule has 2 nitrogen and oxygen atoms in total. The molecule has 1 saturated heterocycles. The van der Waals surface area contributed by atoms with E-state index in [0.717, 1.165) is 23.7 Å². The van der Waals surface area contributed by atoms with Crippen LogP contribution >= 0.6 is 24.0 Å². The average molecular weight is 248 g/mol. The fraction of sp³-hybridized carbons (Fsp3) is 0.455. The number of ether oxygens (including phenoxy) is 1. The van der Waals surface area contributed by atoms with Gasteiger partial charge in [0.1, 0.15) is 6.23 Å². The molecule has 0 spiro atoms. The maximum atomic E-state index is 5.91. The van der Waals surface area contributed by atoms with Crippen LogP contribution in [-0.2, 0) is 4.74 Å². The van der Waals surface area contributed by atoms with Gasteiger partial charge in [-0.2, -0.15) is 0 Å². The number of hydrogen-bond donors (Lipinski definition) is 1. The molecule has 4 heteroatoms. The predicted octanol–water partition coefficient (Wildman–Crippen LogP) is 3.02. The lowest BCUT2D eigenvalue weighted by molar-refractivity contribution is -0.0254. The number of halogens is 2. The van der Waals surface area contributed by atoms with Crippen LogP contribution in [0.4, 0.5) is 0 Å². The molecule has 1 heterocycles. The Labute approximate surface area is 101 Å². The van der Waals surface area contributed by atoms with Gasteiger partial charge in [-0.25, -0.2) is 0 Å². The third-order valence-electron chi connectivity index (χ3n) is 2.35. The van der Waals surface area contributed by atoms with Crippen LogP contribution in [0.5, 0.6) is 0 Å². The Balaban J connectivity index is 0.00000112. The van der Waals surface area contributed by atoms with Crippen molar-refractivity contribution in [2.75, 3.05) is 13.2 Å². The first-order valence-corrected chi connectivity index (χ1v) is 5.24. The van der Waals surface area contributed by atoms with Crippen LogP contribution in [0, 0.1) is 5.92 Å². The van der Waals surface area contributed by atoms with Crippen molar-refractivity contribution in [1.82, 2.24) is 5.32 Å². The number of benzene rings is 1. The molecule has 0 bridgehead atoms. The number of nitrogens with one attached hydrogen (secondary N) is 1. The van der Waals surface area contributed by atoms with Crippen molar-refractivity contribution in [2.24, 2.45) is 5.92 Å². The Morgan fingerprint density at radius 3 is 2.87 bits per heavy atom. The second-order valence-electron chi connectivity index (χ2n) is 3.78. The lowest BCUT2D eigenvalue weighted by Gasteiger charge is -2.28. The minimum absolute atomic E-state index is 0. The van der Waals surface area contributed by atoms with E-state index in [1.807, 2.05) is 24.3 Å². The summed E-state index contributed by atoms with van der Waals surface area (Å²) in [4.78, 5) is 0. The first-order valence-electron chi connectivity index (χ1n) is 4.86. The van der Waals surface area contributed by atoms with Crippen molar-refractivity contribution < 1.29 is 4.74 Å². The van der Waals surface area contributed by atoms with E-state index in [1.165, 1.54) is 0 Å². The fourth-order valence-electron chi connectivity index (χ4n) is 1.57. The van der Waals surface area contributed by atoms with E-state index >= 15 is 0 Å². The molecule has 2 atom stereocenters. The summed E-state index contributed by atoms with van der Waals surface area (Å²) in [6, 6.07) is 7.78. The Hall–Kier alpha value is -0.280. The Morgan fingerprint density at radius 1 is 1.47 bits per heavy atom. The van der Waals surface area contributed by atoms with Crippen LogP contribution in [0.25, 0.3) is 0 Å². The molecular formula is C11H15Cl2NO. The molecule has 2 unspecified atom stereocenters. The minimum Gasteiger partial charge on any atom is -0.359 e. The molecule has 1 N–H and O–H groups in total. The molecule has 0 radical (unpaired) electrons. The van der Waals surface area contributed by atoms with Crippen molar-refractivity contribution in [2.45, 2.75) is 13.2 Å². The zero-order valence-electron chi connectivity index (χ0n) is 8.57. The molecule has 0 aromatic heterocycles. The maximum absolute atomic E-state index is 5.91. The summed E-state index contributed by atoms with van der Waals surface area (Å²) in [6.07, 6.45) is 0.00454. The van der Waals surface area contributed by atoms with Crippen LogP contribution in [0.3, 0.4) is 0 Å². The van der Waals surface area contributed by atoms with Gasteiger partial charge in [-0.05, 0) is 23.6 Å². The van der Waals surface area contributed by atoms with Gasteiger partial charge in [0.05, 0.1) is 6.61 Å². The average Bonchev–Trinajstić information content (AvgIpc) is 2.19. The standard InChI is InChI=1S/C11H14ClNO.ClH/c1-8-6-13-11(14-7-8)9-3-2-4-10(12)5-9;/h2-5,8,11,13H,6-7H2,1H3;1H. The highest BCUT2D eigenvalue weighted by Gasteiger charge is 2.19. The van der Waals surface area contributed by atoms with Crippen molar-refractivity contribution in [1.29, 1.82) is 0 Å². The zero-order valence-corrected chi connectivity index (χ0v) is 10.1. The summed E-state index contributed by atoms with van der Waals surface area (Å²) in [7, 11) is 0. The van der Waals surface area contributed by atoms with Crippen molar-refractivity contribution in [3.63, 3.8) is 0 Å². The SMILES string of the molecule is CC1CNC(c2cccc(Cl)c2)OC1.Cl. The third-order valence-corrected chi connectivity index (χ3v) is 2.59. The first-order chi connectivity index (χ1) is 6.75. The van der Waals surface area contributed by atoms with Crippen molar-refractivity contribution in [3.8, 4) is 0 Å². The summed E-state index contributed by atoms with van der Waals surface area (Å²) in [5, 5.41) is 4.09. The Kier molecular flexibility index (Phi) is 4.87. The van der Waals surface area contributed by atoms with E-state index in [-0.39, 0.29) is 18.6 Å². The van der Waals surface area contributed by atoms with Crippen LogP contribution in [0.1, 0.15) is 18.7 Å². The van der Waals surface area contributed by atoms with Gasteiger partial charge in [-0.3, -0.25) is 5.32 Å². The lowest BCUT2D eigenvalue weighted by atomic mass is 10.1. The smallest absolute Gasteiger partial charge is 0.134 e. The van der Waals surface area contributed by atoms with E-state index in [4.69, 9.17) is 16.3 Å². The topological polar surface area (TPSA) is 21.3 Å². The second-order valence-corrected chi connectivity index (χ2v) is 4.22. The molecule has 15 heavy (non-hydrogen) atoms. The summed E-state index contributed by atoms with van der Waals surface area (Å²) in [6.45, 7) is 3.97. The van der Waals surface area contributed by atoms with Gasteiger partial charge >= 0.3 is 0 Å². The minimum atomic E-state index is 0. The van der Waals surface area contributed by atoms with Gasteiger partial charge in [-0.1, -0.05) is 30.7 Å². The normalized spacial score (nSPS) is 25.7. The Morgan fingerprint density at radius 2 is 2.27 bits per heavy atom. The molecule has 1 aliphatic heterocycles. The third kappa shape index (κ3) is 3.35. The molecule has 0 amide bonds. The van der Waals surface area contributed by atoms with Crippen LogP contribution in [0.2, 0.25) is 5.02 Å². The molecule has 84 valence electrons. The molecule has 1 fully saturated rings. The molecular weight excluding hydrogens is 233 g/mol. The summed E-state index contributed by atoms with van der Waals surface area (Å²) in [5.74, 6) is 0.588. The predicted molar refractivity (Wildman–Crippen MR) is 64.6 cm³/mol. The summed E-state index contributed by atoms with van der Waals surface area (Å²) in [5.41, 5.74) is 1.10. The monoisotopic (exact) mass is 247 g/mol. The van der Waals surface area contributed by atoms with Crippen LogP contribution < -0.4 is 5.32 Å². The molecule has 1 aromatic rings. The van der Waals surface area contributed by atoms with Gasteiger partial charge < -0.3 is 4.74 Å². The van der Waals surface area contributed by atoms with Gasteiger partial charge in [0.15, 0.2) is 0 Å². The first kappa shape index (κ1) is 12.8. The fourth-order valence-corrected chi connectivity index (χ4v) is 1.77. The van der Waals surface area contributed by atoms with E-state index in [2.05, 4.69) is 12.2 Å². The molecule has 0 saturated carbocycles. The van der Waals surface area contributed by atoms with Gasteiger partial charge in [-0.15, -0.1) is 12.4 Å². The molecule has 1 aromatic carbocycles. The summed E-state index contributed by atoms with van der Waals surface area (Å²) < 4.78 is 5.66. The summed E-state index contributed by atoms with van der Waals surface area (Å²) >= 11 is 5.91. The number of hydrogen-bond acceptors (Lipinski definition) is 2. The molecule has 1 aliphatic rings. The van der Waals surface area contributed by atoms with E-state index in [0.29, 0.717) is 5.92 Å².